The molecular formula is C14H9BrClN3O4. The van der Waals surface area contributed by atoms with E-state index < -0.39 is 16.7 Å². The Balaban J connectivity index is 2.06. The number of nitro benzene ring substituents is 1. The van der Waals surface area contributed by atoms with E-state index in [2.05, 4.69) is 26.6 Å². The van der Waals surface area contributed by atoms with Crippen molar-refractivity contribution in [2.75, 3.05) is 10.6 Å². The molecule has 0 radical (unpaired) electrons. The van der Waals surface area contributed by atoms with Crippen molar-refractivity contribution in [3.63, 3.8) is 0 Å². The number of carbonyl (C=O) groups excluding carboxylic acids is 2. The summed E-state index contributed by atoms with van der Waals surface area (Å²) in [4.78, 5) is 33.7. The molecule has 23 heavy (non-hydrogen) atoms. The summed E-state index contributed by atoms with van der Waals surface area (Å²) in [5.41, 5.74) is 0.172. The Kier molecular flexibility index (Phi) is 5.30. The second-order valence-electron chi connectivity index (χ2n) is 4.34. The van der Waals surface area contributed by atoms with Gasteiger partial charge in [-0.3, -0.25) is 19.7 Å². The largest absolute Gasteiger partial charge is 0.318 e. The number of hydrogen-bond donors (Lipinski definition) is 2. The Morgan fingerprint density at radius 1 is 1.00 bits per heavy atom. The third-order valence-corrected chi connectivity index (χ3v) is 3.56. The Bertz CT molecular complexity index is 780. The first-order chi connectivity index (χ1) is 10.9. The molecule has 0 bridgehead atoms. The minimum absolute atomic E-state index is 0.0627. The van der Waals surface area contributed by atoms with Crippen molar-refractivity contribution < 1.29 is 14.5 Å². The topological polar surface area (TPSA) is 101 Å². The van der Waals surface area contributed by atoms with E-state index in [9.17, 15) is 19.7 Å². The van der Waals surface area contributed by atoms with Gasteiger partial charge in [0.25, 0.3) is 5.69 Å². The fourth-order valence-corrected chi connectivity index (χ4v) is 2.09. The summed E-state index contributed by atoms with van der Waals surface area (Å²) < 4.78 is 0.827. The molecule has 0 atom stereocenters. The third kappa shape index (κ3) is 4.51. The van der Waals surface area contributed by atoms with E-state index in [1.807, 2.05) is 0 Å². The molecule has 0 fully saturated rings. The summed E-state index contributed by atoms with van der Waals surface area (Å²) >= 11 is 8.92. The molecule has 0 saturated heterocycles. The zero-order valence-corrected chi connectivity index (χ0v) is 13.7. The minimum atomic E-state index is -0.954. The number of rotatable bonds is 3. The van der Waals surface area contributed by atoms with Gasteiger partial charge in [0.1, 0.15) is 5.02 Å². The lowest BCUT2D eigenvalue weighted by atomic mass is 10.2. The second kappa shape index (κ2) is 7.21. The van der Waals surface area contributed by atoms with Crippen molar-refractivity contribution in [2.24, 2.45) is 0 Å². The van der Waals surface area contributed by atoms with E-state index in [4.69, 9.17) is 11.6 Å². The van der Waals surface area contributed by atoms with Gasteiger partial charge in [-0.15, -0.1) is 0 Å². The molecule has 2 N–H and O–H groups in total. The van der Waals surface area contributed by atoms with Crippen molar-refractivity contribution in [3.05, 3.63) is 62.1 Å². The van der Waals surface area contributed by atoms with Crippen molar-refractivity contribution in [2.45, 2.75) is 0 Å². The fourth-order valence-electron chi connectivity index (χ4n) is 1.64. The highest BCUT2D eigenvalue weighted by atomic mass is 79.9. The van der Waals surface area contributed by atoms with Crippen molar-refractivity contribution in [1.82, 2.24) is 0 Å². The Morgan fingerprint density at radius 3 is 2.09 bits per heavy atom. The van der Waals surface area contributed by atoms with Crippen LogP contribution >= 0.6 is 27.5 Å². The lowest BCUT2D eigenvalue weighted by molar-refractivity contribution is -0.384. The van der Waals surface area contributed by atoms with Crippen LogP contribution in [0.1, 0.15) is 0 Å². The molecule has 118 valence electrons. The number of amides is 2. The van der Waals surface area contributed by atoms with E-state index in [0.717, 1.165) is 10.5 Å². The van der Waals surface area contributed by atoms with Gasteiger partial charge >= 0.3 is 11.8 Å². The van der Waals surface area contributed by atoms with Crippen molar-refractivity contribution in [1.29, 1.82) is 0 Å². The monoisotopic (exact) mass is 397 g/mol. The summed E-state index contributed by atoms with van der Waals surface area (Å²) in [6, 6.07) is 10.3. The molecule has 0 spiro atoms. The summed E-state index contributed by atoms with van der Waals surface area (Å²) in [5, 5.41) is 15.4. The second-order valence-corrected chi connectivity index (χ2v) is 5.66. The number of nitrogens with one attached hydrogen (secondary N) is 2. The molecule has 0 aliphatic carbocycles. The lowest BCUT2D eigenvalue weighted by Gasteiger charge is -2.07. The molecule has 0 aromatic heterocycles. The van der Waals surface area contributed by atoms with Crippen molar-refractivity contribution >= 4 is 56.4 Å². The van der Waals surface area contributed by atoms with Crippen LogP contribution in [0.15, 0.2) is 46.9 Å². The first-order valence-electron chi connectivity index (χ1n) is 6.18. The zero-order chi connectivity index (χ0) is 17.0. The third-order valence-electron chi connectivity index (χ3n) is 2.71. The van der Waals surface area contributed by atoms with Gasteiger partial charge in [0.05, 0.1) is 4.92 Å². The van der Waals surface area contributed by atoms with Gasteiger partial charge in [0, 0.05) is 21.9 Å². The molecule has 0 heterocycles. The highest BCUT2D eigenvalue weighted by molar-refractivity contribution is 9.10. The van der Waals surface area contributed by atoms with Crippen LogP contribution in [0.4, 0.5) is 17.1 Å². The van der Waals surface area contributed by atoms with Gasteiger partial charge < -0.3 is 10.6 Å². The summed E-state index contributed by atoms with van der Waals surface area (Å²) in [7, 11) is 0. The maximum atomic E-state index is 11.8. The van der Waals surface area contributed by atoms with E-state index in [-0.39, 0.29) is 16.4 Å². The van der Waals surface area contributed by atoms with Crippen LogP contribution < -0.4 is 10.6 Å². The van der Waals surface area contributed by atoms with Gasteiger partial charge in [-0.25, -0.2) is 0 Å². The number of halogens is 2. The van der Waals surface area contributed by atoms with Crippen LogP contribution in [-0.2, 0) is 9.59 Å². The van der Waals surface area contributed by atoms with E-state index in [1.54, 1.807) is 24.3 Å². The Morgan fingerprint density at radius 2 is 1.52 bits per heavy atom. The van der Waals surface area contributed by atoms with Crippen molar-refractivity contribution in [3.8, 4) is 0 Å². The number of nitro groups is 1. The number of nitrogens with zero attached hydrogens (tertiary/aromatic N) is 1. The van der Waals surface area contributed by atoms with Gasteiger partial charge in [-0.2, -0.15) is 0 Å². The average Bonchev–Trinajstić information content (AvgIpc) is 2.51. The standard InChI is InChI=1S/C14H9BrClN3O4/c15-8-1-3-9(4-2-8)17-13(20)14(21)18-10-5-6-11(16)12(7-10)19(22)23/h1-7H,(H,17,20)(H,18,21). The molecule has 7 nitrogen and oxygen atoms in total. The summed E-state index contributed by atoms with van der Waals surface area (Å²) in [5.74, 6) is -1.85. The van der Waals surface area contributed by atoms with Crippen LogP contribution in [-0.4, -0.2) is 16.7 Å². The van der Waals surface area contributed by atoms with Gasteiger partial charge in [0.2, 0.25) is 0 Å². The maximum absolute atomic E-state index is 11.8. The quantitative estimate of drug-likeness (QED) is 0.468. The number of carbonyl (C=O) groups is 2. The van der Waals surface area contributed by atoms with Gasteiger partial charge in [0.15, 0.2) is 0 Å². The predicted molar refractivity (Wildman–Crippen MR) is 89.5 cm³/mol. The molecule has 9 heteroatoms. The number of anilines is 2. The molecular weight excluding hydrogens is 390 g/mol. The summed E-state index contributed by atoms with van der Waals surface area (Å²) in [6.07, 6.45) is 0. The molecule has 2 rings (SSSR count). The van der Waals surface area contributed by atoms with E-state index in [0.29, 0.717) is 5.69 Å². The molecule has 2 aromatic carbocycles. The van der Waals surface area contributed by atoms with Crippen LogP contribution in [0.2, 0.25) is 5.02 Å². The minimum Gasteiger partial charge on any atom is -0.318 e. The first kappa shape index (κ1) is 16.9. The predicted octanol–water partition coefficient (Wildman–Crippen LogP) is 3.59. The van der Waals surface area contributed by atoms with Crippen LogP contribution in [0, 0.1) is 10.1 Å². The first-order valence-corrected chi connectivity index (χ1v) is 7.36. The van der Waals surface area contributed by atoms with Crippen LogP contribution in [0.25, 0.3) is 0 Å². The smallest absolute Gasteiger partial charge is 0.314 e. The highest BCUT2D eigenvalue weighted by Gasteiger charge is 2.17. The molecule has 2 amide bonds. The summed E-state index contributed by atoms with van der Waals surface area (Å²) in [6.45, 7) is 0. The number of hydrogen-bond acceptors (Lipinski definition) is 4. The van der Waals surface area contributed by atoms with E-state index in [1.165, 1.54) is 12.1 Å². The molecule has 0 aliphatic rings. The van der Waals surface area contributed by atoms with Gasteiger partial charge in [-0.1, -0.05) is 27.5 Å². The maximum Gasteiger partial charge on any atom is 0.314 e. The van der Waals surface area contributed by atoms with Crippen LogP contribution in [0.3, 0.4) is 0 Å². The van der Waals surface area contributed by atoms with E-state index >= 15 is 0 Å². The molecule has 0 saturated carbocycles. The molecule has 0 aliphatic heterocycles. The lowest BCUT2D eigenvalue weighted by Crippen LogP contribution is -2.29. The average molecular weight is 399 g/mol. The van der Waals surface area contributed by atoms with Gasteiger partial charge in [-0.05, 0) is 36.4 Å². The van der Waals surface area contributed by atoms with Crippen LogP contribution in [0.5, 0.6) is 0 Å². The Labute approximate surface area is 143 Å². The highest BCUT2D eigenvalue weighted by Crippen LogP contribution is 2.27. The molecule has 2 aromatic rings. The molecule has 0 unspecified atom stereocenters. The normalized spacial score (nSPS) is 10.0. The zero-order valence-electron chi connectivity index (χ0n) is 11.4. The fraction of sp³-hybridized carbons (Fsp3) is 0. The Hall–Kier alpha value is -2.45. The SMILES string of the molecule is O=C(Nc1ccc(Br)cc1)C(=O)Nc1ccc(Cl)c([N+](=O)[O-])c1. The number of benzene rings is 2.